The topological polar surface area (TPSA) is 99.1 Å². The highest BCUT2D eigenvalue weighted by molar-refractivity contribution is 6.36. The molecule has 8 rings (SSSR count). The Kier molecular flexibility index (Phi) is 3.92. The van der Waals surface area contributed by atoms with E-state index in [0.717, 1.165) is 54.2 Å². The second-order valence-corrected chi connectivity index (χ2v) is 10.1. The quantitative estimate of drug-likeness (QED) is 0.267. The van der Waals surface area contributed by atoms with Crippen LogP contribution in [0.25, 0.3) is 43.1 Å². The lowest BCUT2D eigenvalue weighted by Crippen LogP contribution is -2.42. The minimum absolute atomic E-state index is 0.0457. The fourth-order valence-electron chi connectivity index (χ4n) is 6.66. The summed E-state index contributed by atoms with van der Waals surface area (Å²) in [6, 6.07) is 16.3. The average Bonchev–Trinajstić information content (AvgIpc) is 3.28. The molecule has 7 nitrogen and oxygen atoms in total. The third-order valence-corrected chi connectivity index (χ3v) is 8.32. The van der Waals surface area contributed by atoms with Crippen molar-refractivity contribution in [1.82, 2.24) is 10.2 Å². The molecule has 1 saturated heterocycles. The van der Waals surface area contributed by atoms with E-state index in [1.165, 1.54) is 0 Å². The van der Waals surface area contributed by atoms with Gasteiger partial charge in [0.2, 0.25) is 0 Å². The number of amides is 2. The van der Waals surface area contributed by atoms with Gasteiger partial charge in [-0.1, -0.05) is 36.4 Å². The molecule has 0 radical (unpaired) electrons. The fourth-order valence-corrected chi connectivity index (χ4v) is 6.66. The van der Waals surface area contributed by atoms with Crippen molar-refractivity contribution in [3.8, 4) is 0 Å². The molecular formula is C29H22N2O5. The van der Waals surface area contributed by atoms with Crippen LogP contribution >= 0.6 is 0 Å². The van der Waals surface area contributed by atoms with Crippen LogP contribution in [0, 0.1) is 0 Å². The standard InChI is InChI=1S/C29H22N2O5/c32-12-22-21(33)9-23(36-22)31-11-14-2-4-16-15-3-1-13-10-30-28(34)19-7-5-17(26(15)24(13)19)18-6-8-20(29(31)35)25(14)27(16)18/h1-8,21-23,32-33H,9-12H2,(H,30,34)/t21?,22-,23+/m1/s1. The molecule has 3 atom stereocenters. The van der Waals surface area contributed by atoms with E-state index in [9.17, 15) is 19.8 Å². The lowest BCUT2D eigenvalue weighted by Gasteiger charge is -2.34. The van der Waals surface area contributed by atoms with Gasteiger partial charge in [-0.05, 0) is 55.6 Å². The van der Waals surface area contributed by atoms with E-state index in [-0.39, 0.29) is 24.8 Å². The summed E-state index contributed by atoms with van der Waals surface area (Å²) in [5.74, 6) is -0.176. The van der Waals surface area contributed by atoms with E-state index in [0.29, 0.717) is 24.2 Å². The van der Waals surface area contributed by atoms with Crippen LogP contribution in [0.4, 0.5) is 0 Å². The molecule has 36 heavy (non-hydrogen) atoms. The first kappa shape index (κ1) is 20.4. The van der Waals surface area contributed by atoms with Crippen LogP contribution in [0.3, 0.4) is 0 Å². The zero-order valence-corrected chi connectivity index (χ0v) is 19.2. The molecule has 0 bridgehead atoms. The van der Waals surface area contributed by atoms with Gasteiger partial charge >= 0.3 is 0 Å². The molecule has 3 aliphatic heterocycles. The Morgan fingerprint density at radius 3 is 2.11 bits per heavy atom. The summed E-state index contributed by atoms with van der Waals surface area (Å²) < 4.78 is 5.83. The van der Waals surface area contributed by atoms with Crippen molar-refractivity contribution in [2.75, 3.05) is 6.61 Å². The normalized spacial score (nSPS) is 23.5. The van der Waals surface area contributed by atoms with Gasteiger partial charge in [0.05, 0.1) is 12.7 Å². The Morgan fingerprint density at radius 2 is 1.44 bits per heavy atom. The van der Waals surface area contributed by atoms with Crippen LogP contribution in [0.1, 0.15) is 38.3 Å². The monoisotopic (exact) mass is 478 g/mol. The number of carbonyl (C=O) groups is 2. The number of nitrogens with one attached hydrogen (secondary N) is 1. The highest BCUT2D eigenvalue weighted by Crippen LogP contribution is 2.46. The minimum Gasteiger partial charge on any atom is -0.394 e. The van der Waals surface area contributed by atoms with Crippen molar-refractivity contribution in [1.29, 1.82) is 0 Å². The lowest BCUT2D eigenvalue weighted by molar-refractivity contribution is -0.0704. The maximum absolute atomic E-state index is 13.7. The fraction of sp³-hybridized carbons (Fsp3) is 0.241. The van der Waals surface area contributed by atoms with Gasteiger partial charge in [0.25, 0.3) is 11.8 Å². The number of carbonyl (C=O) groups excluding carboxylic acids is 2. The molecule has 0 aromatic heterocycles. The minimum atomic E-state index is -0.801. The number of ether oxygens (including phenoxy) is 1. The van der Waals surface area contributed by atoms with Crippen molar-refractivity contribution in [2.45, 2.75) is 37.9 Å². The number of aliphatic hydroxyl groups is 2. The van der Waals surface area contributed by atoms with E-state index < -0.39 is 18.4 Å². The zero-order valence-electron chi connectivity index (χ0n) is 19.2. The van der Waals surface area contributed by atoms with Crippen LogP contribution < -0.4 is 5.32 Å². The molecule has 1 fully saturated rings. The van der Waals surface area contributed by atoms with Crippen LogP contribution in [-0.4, -0.2) is 52.0 Å². The molecule has 5 aromatic carbocycles. The first-order valence-electron chi connectivity index (χ1n) is 12.3. The predicted octanol–water partition coefficient (Wildman–Crippen LogP) is 3.40. The SMILES string of the molecule is O=C1NCc2ccc3c4ccc5c6c(ccc(c7ccc1c2c37)c64)C(=O)N([C@@H]1CC(O)[C@@H](CO)O1)C5. The van der Waals surface area contributed by atoms with Gasteiger partial charge in [0.1, 0.15) is 12.3 Å². The summed E-state index contributed by atoms with van der Waals surface area (Å²) in [4.78, 5) is 28.0. The highest BCUT2D eigenvalue weighted by Gasteiger charge is 2.41. The van der Waals surface area contributed by atoms with Crippen molar-refractivity contribution in [3.05, 3.63) is 70.8 Å². The van der Waals surface area contributed by atoms with Crippen LogP contribution in [0.5, 0.6) is 0 Å². The van der Waals surface area contributed by atoms with Gasteiger partial charge in [0, 0.05) is 41.4 Å². The molecule has 2 amide bonds. The molecule has 7 heteroatoms. The average molecular weight is 479 g/mol. The van der Waals surface area contributed by atoms with Crippen molar-refractivity contribution in [2.24, 2.45) is 0 Å². The summed E-state index contributed by atoms with van der Waals surface area (Å²) in [5.41, 5.74) is 3.47. The van der Waals surface area contributed by atoms with Crippen molar-refractivity contribution >= 4 is 54.9 Å². The smallest absolute Gasteiger partial charge is 0.256 e. The van der Waals surface area contributed by atoms with Crippen LogP contribution in [-0.2, 0) is 17.8 Å². The molecule has 0 saturated carbocycles. The van der Waals surface area contributed by atoms with Gasteiger partial charge < -0.3 is 25.2 Å². The third kappa shape index (κ3) is 2.42. The van der Waals surface area contributed by atoms with Crippen LogP contribution in [0.2, 0.25) is 0 Å². The van der Waals surface area contributed by atoms with Crippen LogP contribution in [0.15, 0.2) is 48.5 Å². The molecule has 3 N–H and O–H groups in total. The van der Waals surface area contributed by atoms with Gasteiger partial charge in [-0.3, -0.25) is 9.59 Å². The Hall–Kier alpha value is -3.78. The van der Waals surface area contributed by atoms with Gasteiger partial charge in [-0.25, -0.2) is 0 Å². The van der Waals surface area contributed by atoms with E-state index in [1.54, 1.807) is 4.90 Å². The summed E-state index contributed by atoms with van der Waals surface area (Å²) in [6.07, 6.45) is -1.78. The molecule has 0 aliphatic carbocycles. The Balaban J connectivity index is 1.39. The van der Waals surface area contributed by atoms with E-state index in [4.69, 9.17) is 4.74 Å². The van der Waals surface area contributed by atoms with Crippen molar-refractivity contribution in [3.63, 3.8) is 0 Å². The number of aliphatic hydroxyl groups excluding tert-OH is 2. The summed E-state index contributed by atoms with van der Waals surface area (Å²) in [5, 5.41) is 31.1. The second kappa shape index (κ2) is 6.91. The van der Waals surface area contributed by atoms with E-state index in [1.807, 2.05) is 24.3 Å². The Morgan fingerprint density at radius 1 is 0.833 bits per heavy atom. The summed E-state index contributed by atoms with van der Waals surface area (Å²) >= 11 is 0. The van der Waals surface area contributed by atoms with Gasteiger partial charge in [-0.2, -0.15) is 0 Å². The lowest BCUT2D eigenvalue weighted by atomic mass is 9.82. The first-order chi connectivity index (χ1) is 17.5. The number of nitrogens with zero attached hydrogens (tertiary/aromatic N) is 1. The molecule has 5 aromatic rings. The largest absolute Gasteiger partial charge is 0.394 e. The summed E-state index contributed by atoms with van der Waals surface area (Å²) in [7, 11) is 0. The number of hydrogen-bond donors (Lipinski definition) is 3. The molecular weight excluding hydrogens is 456 g/mol. The van der Waals surface area contributed by atoms with Gasteiger partial charge in [-0.15, -0.1) is 0 Å². The summed E-state index contributed by atoms with van der Waals surface area (Å²) in [6.45, 7) is 0.613. The number of rotatable bonds is 2. The predicted molar refractivity (Wildman–Crippen MR) is 135 cm³/mol. The van der Waals surface area contributed by atoms with E-state index in [2.05, 4.69) is 29.6 Å². The molecule has 1 unspecified atom stereocenters. The Labute approximate surface area is 205 Å². The first-order valence-corrected chi connectivity index (χ1v) is 12.3. The van der Waals surface area contributed by atoms with E-state index >= 15 is 0 Å². The highest BCUT2D eigenvalue weighted by atomic mass is 16.5. The number of fused-ring (bicyclic) bond motifs is 2. The third-order valence-electron chi connectivity index (χ3n) is 8.32. The zero-order chi connectivity index (χ0) is 24.3. The molecule has 3 heterocycles. The van der Waals surface area contributed by atoms with Gasteiger partial charge in [0.15, 0.2) is 0 Å². The molecule has 178 valence electrons. The number of hydrogen-bond acceptors (Lipinski definition) is 5. The number of benzene rings is 5. The molecule has 0 spiro atoms. The Bertz CT molecular complexity index is 1770. The second-order valence-electron chi connectivity index (χ2n) is 10.1. The maximum Gasteiger partial charge on any atom is 0.256 e. The maximum atomic E-state index is 13.7. The molecule has 3 aliphatic rings. The van der Waals surface area contributed by atoms with Crippen molar-refractivity contribution < 1.29 is 24.5 Å².